The zero-order chi connectivity index (χ0) is 16.7. The fraction of sp³-hybridized carbons (Fsp3) is 0.222. The largest absolute Gasteiger partial charge is 0.366 e. The molecular weight excluding hydrogens is 322 g/mol. The number of nitrogens with two attached hydrogens (primary N) is 1. The van der Waals surface area contributed by atoms with Crippen LogP contribution in [0.15, 0.2) is 48.5 Å². The summed E-state index contributed by atoms with van der Waals surface area (Å²) in [5.74, 6) is 0.961. The lowest BCUT2D eigenvalue weighted by molar-refractivity contribution is 0.431. The van der Waals surface area contributed by atoms with E-state index in [-0.39, 0.29) is 18.0 Å². The minimum atomic E-state index is 0.0380. The Hall–Kier alpha value is -2.53. The number of hydrogen-bond donors (Lipinski definition) is 2. The molecule has 2 unspecified atom stereocenters. The molecule has 3 aromatic rings. The number of aromatic nitrogens is 3. The van der Waals surface area contributed by atoms with Gasteiger partial charge >= 0.3 is 0 Å². The summed E-state index contributed by atoms with van der Waals surface area (Å²) in [4.78, 5) is 4.33. The minimum absolute atomic E-state index is 0.0380. The number of nitrogens with zero attached hydrogens (tertiary/aromatic N) is 3. The predicted molar refractivity (Wildman–Crippen MR) is 96.2 cm³/mol. The van der Waals surface area contributed by atoms with Crippen molar-refractivity contribution in [2.75, 3.05) is 11.1 Å². The molecule has 0 saturated carbocycles. The highest BCUT2D eigenvalue weighted by atomic mass is 35.5. The van der Waals surface area contributed by atoms with Gasteiger partial charge < -0.3 is 11.1 Å². The molecule has 3 N–H and O–H groups in total. The van der Waals surface area contributed by atoms with Crippen LogP contribution in [0.25, 0.3) is 0 Å². The fourth-order valence-corrected chi connectivity index (χ4v) is 3.40. The van der Waals surface area contributed by atoms with Crippen molar-refractivity contribution in [3.8, 4) is 0 Å². The molecule has 4 rings (SSSR count). The van der Waals surface area contributed by atoms with Gasteiger partial charge in [0, 0.05) is 5.02 Å². The molecule has 0 aliphatic carbocycles. The van der Waals surface area contributed by atoms with Crippen LogP contribution in [-0.4, -0.2) is 14.8 Å². The van der Waals surface area contributed by atoms with Crippen molar-refractivity contribution < 1.29 is 0 Å². The van der Waals surface area contributed by atoms with Crippen LogP contribution in [0.5, 0.6) is 0 Å². The molecule has 0 radical (unpaired) electrons. The molecule has 2 atom stereocenters. The van der Waals surface area contributed by atoms with Crippen molar-refractivity contribution in [3.05, 3.63) is 70.2 Å². The smallest absolute Gasteiger partial charge is 0.241 e. The molecule has 0 spiro atoms. The van der Waals surface area contributed by atoms with Crippen molar-refractivity contribution in [1.29, 1.82) is 0 Å². The number of anilines is 2. The summed E-state index contributed by atoms with van der Waals surface area (Å²) < 4.78 is 1.85. The Morgan fingerprint density at radius 3 is 2.71 bits per heavy atom. The van der Waals surface area contributed by atoms with Gasteiger partial charge in [-0.2, -0.15) is 4.98 Å². The normalized spacial score (nSPS) is 19.6. The van der Waals surface area contributed by atoms with E-state index in [0.29, 0.717) is 11.0 Å². The number of rotatable bonds is 2. The van der Waals surface area contributed by atoms with Gasteiger partial charge in [-0.3, -0.25) is 0 Å². The van der Waals surface area contributed by atoms with Crippen molar-refractivity contribution >= 4 is 23.5 Å². The number of nitrogen functional groups attached to an aromatic ring is 1. The first-order valence-electron chi connectivity index (χ1n) is 7.91. The number of halogens is 1. The van der Waals surface area contributed by atoms with Crippen molar-refractivity contribution in [2.24, 2.45) is 0 Å². The maximum atomic E-state index is 6.18. The molecule has 2 heterocycles. The average Bonchev–Trinajstić information content (AvgIpc) is 2.94. The second-order valence-corrected chi connectivity index (χ2v) is 6.59. The first kappa shape index (κ1) is 15.0. The number of aryl methyl sites for hydroxylation is 1. The summed E-state index contributed by atoms with van der Waals surface area (Å²) in [6.45, 7) is 2.09. The predicted octanol–water partition coefficient (Wildman–Crippen LogP) is 3.97. The first-order valence-corrected chi connectivity index (χ1v) is 8.28. The average molecular weight is 340 g/mol. The molecule has 1 aliphatic heterocycles. The van der Waals surface area contributed by atoms with Crippen LogP contribution in [0.3, 0.4) is 0 Å². The first-order chi connectivity index (χ1) is 11.6. The summed E-state index contributed by atoms with van der Waals surface area (Å²) in [6, 6.07) is 16.6. The Morgan fingerprint density at radius 1 is 1.17 bits per heavy atom. The van der Waals surface area contributed by atoms with Gasteiger partial charge in [-0.05, 0) is 36.6 Å². The van der Waals surface area contributed by atoms with Gasteiger partial charge in [0.25, 0.3) is 0 Å². The van der Waals surface area contributed by atoms with Crippen LogP contribution in [0.1, 0.15) is 35.2 Å². The minimum Gasteiger partial charge on any atom is -0.366 e. The highest BCUT2D eigenvalue weighted by Gasteiger charge is 2.30. The molecule has 24 heavy (non-hydrogen) atoms. The lowest BCUT2D eigenvalue weighted by atomic mass is 9.93. The van der Waals surface area contributed by atoms with Crippen molar-refractivity contribution in [2.45, 2.75) is 25.4 Å². The van der Waals surface area contributed by atoms with Crippen molar-refractivity contribution in [1.82, 2.24) is 14.8 Å². The molecule has 0 fully saturated rings. The Bertz CT molecular complexity index is 871. The van der Waals surface area contributed by atoms with Gasteiger partial charge in [0.15, 0.2) is 0 Å². The van der Waals surface area contributed by atoms with Gasteiger partial charge in [-0.1, -0.05) is 53.6 Å². The molecule has 2 aromatic carbocycles. The van der Waals surface area contributed by atoms with Gasteiger partial charge in [0.05, 0.1) is 12.1 Å². The van der Waals surface area contributed by atoms with E-state index in [2.05, 4.69) is 52.7 Å². The van der Waals surface area contributed by atoms with E-state index in [4.69, 9.17) is 17.3 Å². The molecular formula is C18H18ClN5. The van der Waals surface area contributed by atoms with Crippen LogP contribution < -0.4 is 11.1 Å². The van der Waals surface area contributed by atoms with Crippen LogP contribution in [-0.2, 0) is 0 Å². The Morgan fingerprint density at radius 2 is 1.96 bits per heavy atom. The van der Waals surface area contributed by atoms with Gasteiger partial charge in [0.1, 0.15) is 0 Å². The lowest BCUT2D eigenvalue weighted by Crippen LogP contribution is -2.28. The van der Waals surface area contributed by atoms with E-state index in [0.717, 1.165) is 12.0 Å². The molecule has 122 valence electrons. The van der Waals surface area contributed by atoms with E-state index in [1.807, 2.05) is 22.9 Å². The van der Waals surface area contributed by atoms with E-state index in [1.165, 1.54) is 11.1 Å². The second kappa shape index (κ2) is 5.83. The Labute approximate surface area is 145 Å². The molecule has 0 bridgehead atoms. The zero-order valence-corrected chi connectivity index (χ0v) is 14.0. The lowest BCUT2D eigenvalue weighted by Gasteiger charge is -2.31. The number of hydrogen-bond acceptors (Lipinski definition) is 4. The third-order valence-corrected chi connectivity index (χ3v) is 4.65. The highest BCUT2D eigenvalue weighted by molar-refractivity contribution is 6.30. The van der Waals surface area contributed by atoms with Crippen LogP contribution in [0, 0.1) is 6.92 Å². The number of fused-ring (bicyclic) bond motifs is 1. The molecule has 0 saturated heterocycles. The van der Waals surface area contributed by atoms with Crippen LogP contribution in [0.2, 0.25) is 5.02 Å². The number of nitrogens with one attached hydrogen (secondary N) is 1. The maximum Gasteiger partial charge on any atom is 0.241 e. The Kier molecular flexibility index (Phi) is 3.65. The monoisotopic (exact) mass is 339 g/mol. The summed E-state index contributed by atoms with van der Waals surface area (Å²) in [5.41, 5.74) is 9.39. The summed E-state index contributed by atoms with van der Waals surface area (Å²) in [6.07, 6.45) is 0.846. The standard InChI is InChI=1S/C18H18ClN5/c1-11-5-7-12(8-6-11)15-10-16(13-3-2-4-14(19)9-13)24-18(21-15)22-17(20)23-24/h2-9,15-16H,10H2,1H3,(H3,20,21,22,23). The highest BCUT2D eigenvalue weighted by Crippen LogP contribution is 2.38. The SMILES string of the molecule is Cc1ccc(C2CC(c3cccc(Cl)c3)n3nc(N)nc3N2)cc1. The third kappa shape index (κ3) is 2.71. The van der Waals surface area contributed by atoms with Crippen LogP contribution in [0.4, 0.5) is 11.9 Å². The topological polar surface area (TPSA) is 68.8 Å². The van der Waals surface area contributed by atoms with E-state index in [1.54, 1.807) is 0 Å². The fourth-order valence-electron chi connectivity index (χ4n) is 3.20. The molecule has 1 aliphatic rings. The van der Waals surface area contributed by atoms with E-state index in [9.17, 15) is 0 Å². The van der Waals surface area contributed by atoms with Gasteiger partial charge in [0.2, 0.25) is 11.9 Å². The van der Waals surface area contributed by atoms with Gasteiger partial charge in [-0.15, -0.1) is 5.10 Å². The van der Waals surface area contributed by atoms with Crippen molar-refractivity contribution in [3.63, 3.8) is 0 Å². The quantitative estimate of drug-likeness (QED) is 0.741. The van der Waals surface area contributed by atoms with Crippen LogP contribution >= 0.6 is 11.6 Å². The van der Waals surface area contributed by atoms with E-state index < -0.39 is 0 Å². The second-order valence-electron chi connectivity index (χ2n) is 6.15. The summed E-state index contributed by atoms with van der Waals surface area (Å²) in [7, 11) is 0. The molecule has 0 amide bonds. The molecule has 1 aromatic heterocycles. The number of benzene rings is 2. The molecule has 5 nitrogen and oxygen atoms in total. The Balaban J connectivity index is 1.76. The summed E-state index contributed by atoms with van der Waals surface area (Å²) in [5, 5.41) is 8.52. The maximum absolute atomic E-state index is 6.18. The van der Waals surface area contributed by atoms with Gasteiger partial charge in [-0.25, -0.2) is 4.68 Å². The molecule has 6 heteroatoms. The third-order valence-electron chi connectivity index (χ3n) is 4.42. The van der Waals surface area contributed by atoms with E-state index >= 15 is 0 Å². The summed E-state index contributed by atoms with van der Waals surface area (Å²) >= 11 is 6.18. The zero-order valence-electron chi connectivity index (χ0n) is 13.3.